The van der Waals surface area contributed by atoms with Crippen LogP contribution in [0.5, 0.6) is 5.75 Å². The van der Waals surface area contributed by atoms with Crippen molar-refractivity contribution in [3.8, 4) is 28.3 Å². The highest BCUT2D eigenvalue weighted by Gasteiger charge is 2.18. The number of hydrogen-bond acceptors (Lipinski definition) is 3. The number of nitrogens with two attached hydrogens (primary N) is 1. The van der Waals surface area contributed by atoms with Crippen LogP contribution in [0, 0.1) is 0 Å². The molecular weight excluding hydrogens is 334 g/mol. The Morgan fingerprint density at radius 1 is 0.815 bits per heavy atom. The van der Waals surface area contributed by atoms with Crippen LogP contribution in [0.15, 0.2) is 84.9 Å². The number of anilines is 1. The summed E-state index contributed by atoms with van der Waals surface area (Å²) in [6.07, 6.45) is 0. The molecule has 0 fully saturated rings. The average molecular weight is 355 g/mol. The van der Waals surface area contributed by atoms with Crippen LogP contribution in [0.3, 0.4) is 0 Å². The minimum Gasteiger partial charge on any atom is -0.497 e. The number of nitrogens with zero attached hydrogens (tertiary/aromatic N) is 2. The van der Waals surface area contributed by atoms with Gasteiger partial charge in [-0.25, -0.2) is 4.98 Å². The molecule has 4 heteroatoms. The summed E-state index contributed by atoms with van der Waals surface area (Å²) in [4.78, 5) is 4.71. The van der Waals surface area contributed by atoms with Gasteiger partial charge in [-0.05, 0) is 29.8 Å². The van der Waals surface area contributed by atoms with Gasteiger partial charge in [-0.15, -0.1) is 0 Å². The molecule has 0 aliphatic rings. The van der Waals surface area contributed by atoms with Crippen molar-refractivity contribution in [3.63, 3.8) is 0 Å². The maximum Gasteiger partial charge on any atom is 0.201 e. The number of aromatic nitrogens is 2. The molecular formula is C23H21N3O. The van der Waals surface area contributed by atoms with Crippen LogP contribution in [0.1, 0.15) is 5.56 Å². The Morgan fingerprint density at radius 2 is 1.44 bits per heavy atom. The second kappa shape index (κ2) is 7.38. The Kier molecular flexibility index (Phi) is 4.62. The van der Waals surface area contributed by atoms with Crippen LogP contribution in [0.4, 0.5) is 5.95 Å². The summed E-state index contributed by atoms with van der Waals surface area (Å²) in [6.45, 7) is 0.667. The van der Waals surface area contributed by atoms with Crippen LogP contribution >= 0.6 is 0 Å². The number of nitrogen functional groups attached to an aromatic ring is 1. The third-order valence-electron chi connectivity index (χ3n) is 4.59. The van der Waals surface area contributed by atoms with Crippen molar-refractivity contribution in [2.45, 2.75) is 6.54 Å². The summed E-state index contributed by atoms with van der Waals surface area (Å²) < 4.78 is 7.35. The summed E-state index contributed by atoms with van der Waals surface area (Å²) in [6, 6.07) is 28.4. The van der Waals surface area contributed by atoms with Crippen LogP contribution in [0.2, 0.25) is 0 Å². The minimum atomic E-state index is 0.503. The van der Waals surface area contributed by atoms with Crippen molar-refractivity contribution in [2.75, 3.05) is 12.8 Å². The van der Waals surface area contributed by atoms with Gasteiger partial charge < -0.3 is 15.0 Å². The third-order valence-corrected chi connectivity index (χ3v) is 4.59. The molecule has 0 saturated heterocycles. The summed E-state index contributed by atoms with van der Waals surface area (Å²) in [5, 5.41) is 0. The van der Waals surface area contributed by atoms with E-state index in [1.165, 1.54) is 5.56 Å². The summed E-state index contributed by atoms with van der Waals surface area (Å²) in [7, 11) is 1.66. The normalized spacial score (nSPS) is 10.7. The van der Waals surface area contributed by atoms with Crippen LogP contribution in [-0.2, 0) is 6.54 Å². The quantitative estimate of drug-likeness (QED) is 0.556. The third kappa shape index (κ3) is 3.42. The Hall–Kier alpha value is -3.53. The number of rotatable bonds is 5. The first-order chi connectivity index (χ1) is 13.3. The Balaban J connectivity index is 1.87. The standard InChI is InChI=1S/C23H21N3O/c1-27-20-14-12-18(13-15-20)21-22(19-10-6-3-7-11-19)26(23(24)25-21)16-17-8-4-2-5-9-17/h2-15H,16H2,1H3,(H2,24,25). The Morgan fingerprint density at radius 3 is 2.07 bits per heavy atom. The van der Waals surface area contributed by atoms with Gasteiger partial charge in [0.05, 0.1) is 25.0 Å². The van der Waals surface area contributed by atoms with Gasteiger partial charge in [-0.3, -0.25) is 0 Å². The first kappa shape index (κ1) is 16.9. The van der Waals surface area contributed by atoms with Gasteiger partial charge in [-0.2, -0.15) is 0 Å². The van der Waals surface area contributed by atoms with E-state index in [1.807, 2.05) is 60.7 Å². The van der Waals surface area contributed by atoms with Crippen molar-refractivity contribution in [1.82, 2.24) is 9.55 Å². The SMILES string of the molecule is COc1ccc(-c2nc(N)n(Cc3ccccc3)c2-c2ccccc2)cc1. The van der Waals surface area contributed by atoms with E-state index in [4.69, 9.17) is 15.5 Å². The fourth-order valence-electron chi connectivity index (χ4n) is 3.24. The molecule has 3 aromatic carbocycles. The largest absolute Gasteiger partial charge is 0.497 e. The maximum absolute atomic E-state index is 6.35. The first-order valence-corrected chi connectivity index (χ1v) is 8.86. The second-order valence-electron chi connectivity index (χ2n) is 6.33. The lowest BCUT2D eigenvalue weighted by molar-refractivity contribution is 0.415. The molecule has 0 atom stereocenters. The molecule has 0 saturated carbocycles. The number of methoxy groups -OCH3 is 1. The number of hydrogen-bond donors (Lipinski definition) is 1. The summed E-state index contributed by atoms with van der Waals surface area (Å²) >= 11 is 0. The molecule has 2 N–H and O–H groups in total. The molecule has 0 radical (unpaired) electrons. The zero-order valence-electron chi connectivity index (χ0n) is 15.2. The first-order valence-electron chi connectivity index (χ1n) is 8.86. The van der Waals surface area contributed by atoms with Gasteiger partial charge in [0.25, 0.3) is 0 Å². The highest BCUT2D eigenvalue weighted by molar-refractivity contribution is 5.80. The van der Waals surface area contributed by atoms with Crippen LogP contribution in [-0.4, -0.2) is 16.7 Å². The van der Waals surface area contributed by atoms with Gasteiger partial charge in [-0.1, -0.05) is 60.7 Å². The maximum atomic E-state index is 6.35. The zero-order valence-corrected chi connectivity index (χ0v) is 15.2. The lowest BCUT2D eigenvalue weighted by Crippen LogP contribution is -2.06. The topological polar surface area (TPSA) is 53.1 Å². The molecule has 4 rings (SSSR count). The lowest BCUT2D eigenvalue weighted by Gasteiger charge is -2.12. The number of ether oxygens (including phenoxy) is 1. The molecule has 4 nitrogen and oxygen atoms in total. The fourth-order valence-corrected chi connectivity index (χ4v) is 3.24. The van der Waals surface area contributed by atoms with Crippen molar-refractivity contribution >= 4 is 5.95 Å². The van der Waals surface area contributed by atoms with E-state index in [0.29, 0.717) is 12.5 Å². The lowest BCUT2D eigenvalue weighted by atomic mass is 10.0. The molecule has 134 valence electrons. The van der Waals surface area contributed by atoms with Crippen molar-refractivity contribution in [1.29, 1.82) is 0 Å². The molecule has 1 heterocycles. The molecule has 27 heavy (non-hydrogen) atoms. The van der Waals surface area contributed by atoms with E-state index in [9.17, 15) is 0 Å². The summed E-state index contributed by atoms with van der Waals surface area (Å²) in [5.41, 5.74) is 11.5. The molecule has 0 amide bonds. The average Bonchev–Trinajstić information content (AvgIpc) is 3.05. The molecule has 0 bridgehead atoms. The molecule has 0 aliphatic heterocycles. The van der Waals surface area contributed by atoms with Gasteiger partial charge >= 0.3 is 0 Å². The van der Waals surface area contributed by atoms with Crippen LogP contribution < -0.4 is 10.5 Å². The van der Waals surface area contributed by atoms with E-state index in [2.05, 4.69) is 28.8 Å². The molecule has 4 aromatic rings. The van der Waals surface area contributed by atoms with E-state index in [1.54, 1.807) is 7.11 Å². The minimum absolute atomic E-state index is 0.503. The smallest absolute Gasteiger partial charge is 0.201 e. The molecule has 1 aromatic heterocycles. The highest BCUT2D eigenvalue weighted by atomic mass is 16.5. The predicted molar refractivity (Wildman–Crippen MR) is 110 cm³/mol. The van der Waals surface area contributed by atoms with E-state index in [-0.39, 0.29) is 0 Å². The van der Waals surface area contributed by atoms with Crippen molar-refractivity contribution < 1.29 is 4.74 Å². The predicted octanol–water partition coefficient (Wildman–Crippen LogP) is 4.86. The van der Waals surface area contributed by atoms with Gasteiger partial charge in [0.2, 0.25) is 5.95 Å². The Bertz CT molecular complexity index is 1020. The zero-order chi connectivity index (χ0) is 18.6. The van der Waals surface area contributed by atoms with Crippen LogP contribution in [0.25, 0.3) is 22.5 Å². The van der Waals surface area contributed by atoms with Gasteiger partial charge in [0, 0.05) is 11.1 Å². The number of imidazole rings is 1. The van der Waals surface area contributed by atoms with E-state index < -0.39 is 0 Å². The highest BCUT2D eigenvalue weighted by Crippen LogP contribution is 2.35. The molecule has 0 spiro atoms. The monoisotopic (exact) mass is 355 g/mol. The second-order valence-corrected chi connectivity index (χ2v) is 6.33. The fraction of sp³-hybridized carbons (Fsp3) is 0.0870. The van der Waals surface area contributed by atoms with Crippen molar-refractivity contribution in [3.05, 3.63) is 90.5 Å². The van der Waals surface area contributed by atoms with E-state index >= 15 is 0 Å². The van der Waals surface area contributed by atoms with Gasteiger partial charge in [0.1, 0.15) is 5.75 Å². The number of benzene rings is 3. The van der Waals surface area contributed by atoms with E-state index in [0.717, 1.165) is 28.3 Å². The molecule has 0 aliphatic carbocycles. The van der Waals surface area contributed by atoms with Gasteiger partial charge in [0.15, 0.2) is 0 Å². The van der Waals surface area contributed by atoms with Crippen molar-refractivity contribution in [2.24, 2.45) is 0 Å². The Labute approximate surface area is 158 Å². The molecule has 0 unspecified atom stereocenters. The summed E-state index contributed by atoms with van der Waals surface area (Å²) in [5.74, 6) is 1.32.